The van der Waals surface area contributed by atoms with Crippen molar-refractivity contribution in [2.24, 2.45) is 7.05 Å². The van der Waals surface area contributed by atoms with Crippen LogP contribution >= 0.6 is 0 Å². The topological polar surface area (TPSA) is 89.7 Å². The SMILES string of the molecule is Cc1c(C(=O)N[C@H](C)c2nc3ccccc3n2C)nnn1C1CCNCC1. The average molecular weight is 367 g/mol. The molecule has 1 aromatic carbocycles. The average Bonchev–Trinajstić information content (AvgIpc) is 3.23. The molecule has 0 aliphatic carbocycles. The molecule has 0 saturated carbocycles. The molecule has 0 radical (unpaired) electrons. The minimum Gasteiger partial charge on any atom is -0.341 e. The lowest BCUT2D eigenvalue weighted by Crippen LogP contribution is -2.31. The maximum Gasteiger partial charge on any atom is 0.274 e. The summed E-state index contributed by atoms with van der Waals surface area (Å²) in [6, 6.07) is 8.01. The van der Waals surface area contributed by atoms with Crippen molar-refractivity contribution in [1.82, 2.24) is 35.2 Å². The number of imidazole rings is 1. The van der Waals surface area contributed by atoms with Gasteiger partial charge in [0.15, 0.2) is 5.69 Å². The molecule has 3 heterocycles. The van der Waals surface area contributed by atoms with Gasteiger partial charge in [0.1, 0.15) is 5.82 Å². The highest BCUT2D eigenvalue weighted by molar-refractivity contribution is 5.93. The molecule has 2 N–H and O–H groups in total. The zero-order valence-corrected chi connectivity index (χ0v) is 15.9. The van der Waals surface area contributed by atoms with E-state index in [0.29, 0.717) is 11.7 Å². The van der Waals surface area contributed by atoms with Gasteiger partial charge >= 0.3 is 0 Å². The van der Waals surface area contributed by atoms with E-state index in [1.807, 2.05) is 54.4 Å². The van der Waals surface area contributed by atoms with Gasteiger partial charge in [-0.05, 0) is 51.9 Å². The molecule has 1 amide bonds. The van der Waals surface area contributed by atoms with Crippen molar-refractivity contribution in [1.29, 1.82) is 0 Å². The van der Waals surface area contributed by atoms with Crippen LogP contribution in [-0.2, 0) is 7.05 Å². The first-order valence-electron chi connectivity index (χ1n) is 9.41. The van der Waals surface area contributed by atoms with E-state index >= 15 is 0 Å². The molecule has 2 aromatic heterocycles. The molecule has 8 heteroatoms. The smallest absolute Gasteiger partial charge is 0.274 e. The predicted molar refractivity (Wildman–Crippen MR) is 102 cm³/mol. The van der Waals surface area contributed by atoms with Gasteiger partial charge in [0, 0.05) is 7.05 Å². The summed E-state index contributed by atoms with van der Waals surface area (Å²) in [5.41, 5.74) is 3.17. The highest BCUT2D eigenvalue weighted by atomic mass is 16.2. The van der Waals surface area contributed by atoms with Crippen molar-refractivity contribution in [2.75, 3.05) is 13.1 Å². The summed E-state index contributed by atoms with van der Waals surface area (Å²) in [6.07, 6.45) is 2.00. The number of fused-ring (bicyclic) bond motifs is 1. The number of nitrogens with zero attached hydrogens (tertiary/aromatic N) is 5. The molecule has 0 bridgehead atoms. The molecule has 0 unspecified atom stereocenters. The van der Waals surface area contributed by atoms with Crippen molar-refractivity contribution in [3.8, 4) is 0 Å². The van der Waals surface area contributed by atoms with Gasteiger partial charge in [-0.2, -0.15) is 0 Å². The van der Waals surface area contributed by atoms with Gasteiger partial charge in [-0.15, -0.1) is 5.10 Å². The van der Waals surface area contributed by atoms with Crippen molar-refractivity contribution >= 4 is 16.9 Å². The third kappa shape index (κ3) is 3.21. The van der Waals surface area contributed by atoms with Gasteiger partial charge in [-0.3, -0.25) is 4.79 Å². The highest BCUT2D eigenvalue weighted by Crippen LogP contribution is 2.22. The zero-order chi connectivity index (χ0) is 19.0. The van der Waals surface area contributed by atoms with Crippen LogP contribution in [0.2, 0.25) is 0 Å². The van der Waals surface area contributed by atoms with Gasteiger partial charge < -0.3 is 15.2 Å². The number of aromatic nitrogens is 5. The largest absolute Gasteiger partial charge is 0.341 e. The van der Waals surface area contributed by atoms with E-state index in [2.05, 4.69) is 25.9 Å². The minimum absolute atomic E-state index is 0.216. The van der Waals surface area contributed by atoms with Crippen LogP contribution in [0.25, 0.3) is 11.0 Å². The number of amides is 1. The number of carbonyl (C=O) groups excluding carboxylic acids is 1. The Labute approximate surface area is 158 Å². The van der Waals surface area contributed by atoms with E-state index in [1.165, 1.54) is 0 Å². The third-order valence-corrected chi connectivity index (χ3v) is 5.35. The molecular formula is C19H25N7O. The molecule has 1 aliphatic rings. The van der Waals surface area contributed by atoms with Gasteiger partial charge in [-0.25, -0.2) is 9.67 Å². The number of piperidine rings is 1. The molecular weight excluding hydrogens is 342 g/mol. The second-order valence-corrected chi connectivity index (χ2v) is 7.16. The Hall–Kier alpha value is -2.74. The highest BCUT2D eigenvalue weighted by Gasteiger charge is 2.24. The summed E-state index contributed by atoms with van der Waals surface area (Å²) in [7, 11) is 1.96. The van der Waals surface area contributed by atoms with Crippen LogP contribution in [0.1, 0.15) is 53.9 Å². The fourth-order valence-corrected chi connectivity index (χ4v) is 3.83. The van der Waals surface area contributed by atoms with Crippen molar-refractivity contribution < 1.29 is 4.79 Å². The van der Waals surface area contributed by atoms with Crippen molar-refractivity contribution in [3.05, 3.63) is 41.5 Å². The van der Waals surface area contributed by atoms with Crippen LogP contribution < -0.4 is 10.6 Å². The summed E-state index contributed by atoms with van der Waals surface area (Å²) >= 11 is 0. The Morgan fingerprint density at radius 3 is 2.78 bits per heavy atom. The van der Waals surface area contributed by atoms with E-state index < -0.39 is 0 Å². The van der Waals surface area contributed by atoms with Crippen molar-refractivity contribution in [2.45, 2.75) is 38.8 Å². The quantitative estimate of drug-likeness (QED) is 0.735. The molecule has 3 aromatic rings. The number of para-hydroxylation sites is 2. The summed E-state index contributed by atoms with van der Waals surface area (Å²) in [5.74, 6) is 0.597. The standard InChI is InChI=1S/C19H25N7O/c1-12(18-22-15-6-4-5-7-16(15)25(18)3)21-19(27)17-13(2)26(24-23-17)14-8-10-20-11-9-14/h4-7,12,14,20H,8-11H2,1-3H3,(H,21,27)/t12-/m1/s1. The second-order valence-electron chi connectivity index (χ2n) is 7.16. The summed E-state index contributed by atoms with van der Waals surface area (Å²) in [5, 5.41) is 14.8. The Bertz CT molecular complexity index is 968. The Kier molecular flexibility index (Phi) is 4.65. The van der Waals surface area contributed by atoms with Crippen LogP contribution in [0.4, 0.5) is 0 Å². The molecule has 1 saturated heterocycles. The van der Waals surface area contributed by atoms with E-state index in [-0.39, 0.29) is 11.9 Å². The molecule has 8 nitrogen and oxygen atoms in total. The second kappa shape index (κ2) is 7.11. The minimum atomic E-state index is -0.238. The number of aryl methyl sites for hydroxylation is 1. The lowest BCUT2D eigenvalue weighted by molar-refractivity contribution is 0.0932. The first kappa shape index (κ1) is 17.7. The lowest BCUT2D eigenvalue weighted by Gasteiger charge is -2.23. The molecule has 27 heavy (non-hydrogen) atoms. The third-order valence-electron chi connectivity index (χ3n) is 5.35. The number of hydrogen-bond acceptors (Lipinski definition) is 5. The zero-order valence-electron chi connectivity index (χ0n) is 15.9. The first-order valence-corrected chi connectivity index (χ1v) is 9.41. The monoisotopic (exact) mass is 367 g/mol. The molecule has 142 valence electrons. The number of rotatable bonds is 4. The van der Waals surface area contributed by atoms with E-state index in [0.717, 1.165) is 48.5 Å². The van der Waals surface area contributed by atoms with Gasteiger partial charge in [0.05, 0.1) is 28.8 Å². The maximum absolute atomic E-state index is 12.8. The Morgan fingerprint density at radius 2 is 2.04 bits per heavy atom. The van der Waals surface area contributed by atoms with Gasteiger partial charge in [0.25, 0.3) is 5.91 Å². The van der Waals surface area contributed by atoms with Crippen LogP contribution in [0.3, 0.4) is 0 Å². The maximum atomic E-state index is 12.8. The fourth-order valence-electron chi connectivity index (χ4n) is 3.83. The molecule has 1 atom stereocenters. The molecule has 1 fully saturated rings. The number of benzene rings is 1. The van der Waals surface area contributed by atoms with E-state index in [4.69, 9.17) is 0 Å². The Morgan fingerprint density at radius 1 is 1.30 bits per heavy atom. The normalized spacial score (nSPS) is 16.6. The summed E-state index contributed by atoms with van der Waals surface area (Å²) in [4.78, 5) is 17.5. The van der Waals surface area contributed by atoms with Crippen LogP contribution in [0.5, 0.6) is 0 Å². The van der Waals surface area contributed by atoms with Crippen LogP contribution in [0, 0.1) is 6.92 Å². The predicted octanol–water partition coefficient (Wildman–Crippen LogP) is 1.89. The number of nitrogens with one attached hydrogen (secondary N) is 2. The Balaban J connectivity index is 1.53. The number of hydrogen-bond donors (Lipinski definition) is 2. The summed E-state index contributed by atoms with van der Waals surface area (Å²) in [6.45, 7) is 5.78. The first-order chi connectivity index (χ1) is 13.1. The molecule has 4 rings (SSSR count). The van der Waals surface area contributed by atoms with Crippen LogP contribution in [0.15, 0.2) is 24.3 Å². The fraction of sp³-hybridized carbons (Fsp3) is 0.474. The lowest BCUT2D eigenvalue weighted by atomic mass is 10.1. The van der Waals surface area contributed by atoms with Gasteiger partial charge in [0.2, 0.25) is 0 Å². The van der Waals surface area contributed by atoms with E-state index in [1.54, 1.807) is 0 Å². The number of carbonyl (C=O) groups is 1. The summed E-state index contributed by atoms with van der Waals surface area (Å²) < 4.78 is 3.91. The van der Waals surface area contributed by atoms with Crippen molar-refractivity contribution in [3.63, 3.8) is 0 Å². The molecule has 0 spiro atoms. The van der Waals surface area contributed by atoms with Gasteiger partial charge in [-0.1, -0.05) is 17.3 Å². The van der Waals surface area contributed by atoms with E-state index in [9.17, 15) is 4.79 Å². The molecule has 1 aliphatic heterocycles. The van der Waals surface area contributed by atoms with Crippen LogP contribution in [-0.4, -0.2) is 43.5 Å².